The predicted octanol–water partition coefficient (Wildman–Crippen LogP) is 3.56. The van der Waals surface area contributed by atoms with E-state index in [0.29, 0.717) is 11.3 Å². The molecule has 1 saturated carbocycles. The van der Waals surface area contributed by atoms with E-state index in [1.807, 2.05) is 6.07 Å². The number of aromatic nitrogens is 2. The molecule has 1 fully saturated rings. The minimum absolute atomic E-state index is 0.0232. The van der Waals surface area contributed by atoms with Gasteiger partial charge in [0.25, 0.3) is 5.56 Å². The maximum Gasteiger partial charge on any atom is 0.271 e. The van der Waals surface area contributed by atoms with E-state index in [1.54, 1.807) is 19.9 Å². The van der Waals surface area contributed by atoms with Crippen molar-refractivity contribution in [2.75, 3.05) is 0 Å². The number of aromatic hydroxyl groups is 1. The second-order valence-electron chi connectivity index (χ2n) is 5.89. The van der Waals surface area contributed by atoms with Crippen LogP contribution in [-0.2, 0) is 0 Å². The summed E-state index contributed by atoms with van der Waals surface area (Å²) in [5, 5.41) is 31.5. The molecule has 0 aliphatic heterocycles. The standard InChI is InChI=1S/C16H17N5O3/c1-9-7-13(20-24-9)18-19-14-10(2)12(8-17)15(22)21(16(14)23)11-5-3-4-6-11/h7,11,23H,3-6H2,1-2H3. The Morgan fingerprint density at radius 1 is 1.38 bits per heavy atom. The molecule has 2 aromatic heterocycles. The van der Waals surface area contributed by atoms with Crippen molar-refractivity contribution in [3.05, 3.63) is 33.3 Å². The van der Waals surface area contributed by atoms with Gasteiger partial charge < -0.3 is 9.63 Å². The van der Waals surface area contributed by atoms with Gasteiger partial charge >= 0.3 is 0 Å². The molecule has 1 aliphatic rings. The Balaban J connectivity index is 2.14. The van der Waals surface area contributed by atoms with Gasteiger partial charge in [0, 0.05) is 17.7 Å². The van der Waals surface area contributed by atoms with Crippen molar-refractivity contribution in [1.82, 2.24) is 9.72 Å². The van der Waals surface area contributed by atoms with Gasteiger partial charge in [0.2, 0.25) is 11.7 Å². The summed E-state index contributed by atoms with van der Waals surface area (Å²) in [6.07, 6.45) is 3.56. The zero-order valence-electron chi connectivity index (χ0n) is 13.5. The van der Waals surface area contributed by atoms with Crippen LogP contribution in [0.15, 0.2) is 25.6 Å². The maximum absolute atomic E-state index is 12.5. The van der Waals surface area contributed by atoms with Gasteiger partial charge in [-0.3, -0.25) is 9.36 Å². The van der Waals surface area contributed by atoms with Gasteiger partial charge in [-0.2, -0.15) is 5.26 Å². The van der Waals surface area contributed by atoms with E-state index in [2.05, 4.69) is 15.4 Å². The van der Waals surface area contributed by atoms with E-state index in [0.717, 1.165) is 25.7 Å². The number of nitrogens with zero attached hydrogens (tertiary/aromatic N) is 5. The lowest BCUT2D eigenvalue weighted by molar-refractivity contribution is 0.370. The topological polar surface area (TPSA) is 117 Å². The second kappa shape index (κ2) is 6.28. The Morgan fingerprint density at radius 2 is 2.08 bits per heavy atom. The molecule has 1 N–H and O–H groups in total. The number of aryl methyl sites for hydroxylation is 1. The molecular formula is C16H17N5O3. The lowest BCUT2D eigenvalue weighted by Crippen LogP contribution is -2.26. The van der Waals surface area contributed by atoms with Gasteiger partial charge in [-0.15, -0.1) is 10.2 Å². The molecule has 0 unspecified atom stereocenters. The number of azo groups is 1. The summed E-state index contributed by atoms with van der Waals surface area (Å²) in [6.45, 7) is 3.30. The Bertz CT molecular complexity index is 898. The smallest absolute Gasteiger partial charge is 0.271 e. The van der Waals surface area contributed by atoms with Gasteiger partial charge in [0.05, 0.1) is 0 Å². The summed E-state index contributed by atoms with van der Waals surface area (Å²) in [4.78, 5) is 12.5. The molecule has 0 radical (unpaired) electrons. The van der Waals surface area contributed by atoms with Crippen LogP contribution in [0.3, 0.4) is 0 Å². The highest BCUT2D eigenvalue weighted by molar-refractivity contribution is 5.59. The zero-order chi connectivity index (χ0) is 17.3. The molecule has 8 nitrogen and oxygen atoms in total. The monoisotopic (exact) mass is 327 g/mol. The summed E-state index contributed by atoms with van der Waals surface area (Å²) in [5.41, 5.74) is -0.0856. The minimum atomic E-state index is -0.476. The van der Waals surface area contributed by atoms with Crippen LogP contribution >= 0.6 is 0 Å². The first-order valence-electron chi connectivity index (χ1n) is 7.76. The number of hydrogen-bond donors (Lipinski definition) is 1. The lowest BCUT2D eigenvalue weighted by atomic mass is 10.1. The summed E-state index contributed by atoms with van der Waals surface area (Å²) < 4.78 is 6.19. The lowest BCUT2D eigenvalue weighted by Gasteiger charge is -2.18. The second-order valence-corrected chi connectivity index (χ2v) is 5.89. The van der Waals surface area contributed by atoms with E-state index < -0.39 is 5.56 Å². The summed E-state index contributed by atoms with van der Waals surface area (Å²) in [6, 6.07) is 3.39. The fourth-order valence-electron chi connectivity index (χ4n) is 3.03. The van der Waals surface area contributed by atoms with Crippen molar-refractivity contribution in [2.45, 2.75) is 45.6 Å². The number of pyridine rings is 1. The molecule has 0 bridgehead atoms. The van der Waals surface area contributed by atoms with E-state index in [9.17, 15) is 15.2 Å². The van der Waals surface area contributed by atoms with Crippen LogP contribution in [0.2, 0.25) is 0 Å². The molecular weight excluding hydrogens is 310 g/mol. The van der Waals surface area contributed by atoms with Crippen molar-refractivity contribution in [2.24, 2.45) is 10.2 Å². The molecule has 0 spiro atoms. The zero-order valence-corrected chi connectivity index (χ0v) is 13.5. The van der Waals surface area contributed by atoms with Gasteiger partial charge in [0.15, 0.2) is 5.69 Å². The van der Waals surface area contributed by atoms with Gasteiger partial charge in [-0.1, -0.05) is 18.0 Å². The third kappa shape index (κ3) is 2.69. The highest BCUT2D eigenvalue weighted by Gasteiger charge is 2.26. The van der Waals surface area contributed by atoms with Crippen LogP contribution in [-0.4, -0.2) is 14.8 Å². The van der Waals surface area contributed by atoms with Crippen LogP contribution in [0.5, 0.6) is 5.88 Å². The molecule has 8 heteroatoms. The van der Waals surface area contributed by atoms with Crippen LogP contribution in [0, 0.1) is 25.2 Å². The highest BCUT2D eigenvalue weighted by atomic mass is 16.5. The summed E-state index contributed by atoms with van der Waals surface area (Å²) in [7, 11) is 0. The minimum Gasteiger partial charge on any atom is -0.493 e. The molecule has 2 heterocycles. The molecule has 0 amide bonds. The Morgan fingerprint density at radius 3 is 2.67 bits per heavy atom. The maximum atomic E-state index is 12.5. The molecule has 24 heavy (non-hydrogen) atoms. The molecule has 0 saturated heterocycles. The summed E-state index contributed by atoms with van der Waals surface area (Å²) in [5.74, 6) is 0.578. The quantitative estimate of drug-likeness (QED) is 0.865. The van der Waals surface area contributed by atoms with Crippen LogP contribution in [0.25, 0.3) is 0 Å². The van der Waals surface area contributed by atoms with E-state index in [4.69, 9.17) is 4.52 Å². The Labute approximate surface area is 138 Å². The van der Waals surface area contributed by atoms with E-state index in [1.165, 1.54) is 4.57 Å². The SMILES string of the molecule is Cc1cc(N=Nc2c(C)c(C#N)c(=O)n(C3CCCC3)c2O)no1. The van der Waals surface area contributed by atoms with Gasteiger partial charge in [-0.05, 0) is 26.7 Å². The third-order valence-electron chi connectivity index (χ3n) is 4.27. The molecule has 124 valence electrons. The predicted molar refractivity (Wildman–Crippen MR) is 84.7 cm³/mol. The average molecular weight is 327 g/mol. The average Bonchev–Trinajstić information content (AvgIpc) is 3.20. The largest absolute Gasteiger partial charge is 0.493 e. The fourth-order valence-corrected chi connectivity index (χ4v) is 3.03. The Kier molecular flexibility index (Phi) is 4.16. The first kappa shape index (κ1) is 15.9. The molecule has 0 aromatic carbocycles. The molecule has 2 aromatic rings. The van der Waals surface area contributed by atoms with Crippen molar-refractivity contribution in [1.29, 1.82) is 5.26 Å². The van der Waals surface area contributed by atoms with Gasteiger partial charge in [-0.25, -0.2) is 0 Å². The highest BCUT2D eigenvalue weighted by Crippen LogP contribution is 2.38. The molecule has 0 atom stereocenters. The van der Waals surface area contributed by atoms with Crippen molar-refractivity contribution >= 4 is 11.5 Å². The van der Waals surface area contributed by atoms with Crippen LogP contribution < -0.4 is 5.56 Å². The third-order valence-corrected chi connectivity index (χ3v) is 4.27. The van der Waals surface area contributed by atoms with Crippen LogP contribution in [0.4, 0.5) is 11.5 Å². The van der Waals surface area contributed by atoms with Crippen molar-refractivity contribution in [3.63, 3.8) is 0 Å². The molecule has 1 aliphatic carbocycles. The normalized spacial score (nSPS) is 15.2. The first-order valence-corrected chi connectivity index (χ1v) is 7.76. The summed E-state index contributed by atoms with van der Waals surface area (Å²) >= 11 is 0. The van der Waals surface area contributed by atoms with Crippen molar-refractivity contribution in [3.8, 4) is 11.9 Å². The number of hydrogen-bond acceptors (Lipinski definition) is 7. The Hall–Kier alpha value is -2.95. The molecule has 3 rings (SSSR count). The van der Waals surface area contributed by atoms with Crippen LogP contribution in [0.1, 0.15) is 48.6 Å². The van der Waals surface area contributed by atoms with Crippen molar-refractivity contribution < 1.29 is 9.63 Å². The van der Waals surface area contributed by atoms with E-state index >= 15 is 0 Å². The van der Waals surface area contributed by atoms with Gasteiger partial charge in [0.1, 0.15) is 17.4 Å². The number of nitriles is 1. The van der Waals surface area contributed by atoms with E-state index in [-0.39, 0.29) is 29.0 Å². The number of rotatable bonds is 3. The first-order chi connectivity index (χ1) is 11.5. The fraction of sp³-hybridized carbons (Fsp3) is 0.438.